The van der Waals surface area contributed by atoms with E-state index < -0.39 is 0 Å². The Balaban J connectivity index is 0.00000380. The van der Waals surface area contributed by atoms with E-state index in [1.165, 1.54) is 100 Å². The first-order chi connectivity index (χ1) is 17.8. The van der Waals surface area contributed by atoms with E-state index in [1.54, 1.807) is 12.1 Å². The van der Waals surface area contributed by atoms with Gasteiger partial charge in [-0.3, -0.25) is 0 Å². The molecule has 0 N–H and O–H groups in total. The van der Waals surface area contributed by atoms with Gasteiger partial charge in [-0.2, -0.15) is 0 Å². The van der Waals surface area contributed by atoms with Crippen molar-refractivity contribution in [2.24, 2.45) is 0 Å². The van der Waals surface area contributed by atoms with Crippen molar-refractivity contribution in [1.29, 1.82) is 0 Å². The summed E-state index contributed by atoms with van der Waals surface area (Å²) in [5.74, 6) is 1.58. The highest BCUT2D eigenvalue weighted by Crippen LogP contribution is 2.37. The largest absolute Gasteiger partial charge is 1.00 e. The third-order valence-electron chi connectivity index (χ3n) is 7.78. The van der Waals surface area contributed by atoms with E-state index in [4.69, 9.17) is 9.47 Å². The second kappa shape index (κ2) is 16.0. The van der Waals surface area contributed by atoms with Crippen LogP contribution < -0.4 is 21.9 Å². The van der Waals surface area contributed by atoms with Gasteiger partial charge in [0.2, 0.25) is 6.79 Å². The first-order valence-corrected chi connectivity index (χ1v) is 14.5. The highest BCUT2D eigenvalue weighted by atomic mass is 35.5. The van der Waals surface area contributed by atoms with Gasteiger partial charge >= 0.3 is 0 Å². The summed E-state index contributed by atoms with van der Waals surface area (Å²) < 4.78 is 28.2. The van der Waals surface area contributed by atoms with E-state index in [1.807, 2.05) is 12.1 Å². The molecule has 0 unspecified atom stereocenters. The van der Waals surface area contributed by atoms with Crippen LogP contribution in [0.4, 0.5) is 4.39 Å². The molecule has 0 fully saturated rings. The van der Waals surface area contributed by atoms with Gasteiger partial charge in [-0.1, -0.05) is 96.1 Å². The van der Waals surface area contributed by atoms with Gasteiger partial charge < -0.3 is 21.9 Å². The van der Waals surface area contributed by atoms with E-state index in [0.29, 0.717) is 13.3 Å². The molecule has 2 aromatic rings. The van der Waals surface area contributed by atoms with Crippen LogP contribution in [0, 0.1) is 5.82 Å². The minimum Gasteiger partial charge on any atom is -1.00 e. The van der Waals surface area contributed by atoms with Crippen LogP contribution in [0.25, 0.3) is 0 Å². The summed E-state index contributed by atoms with van der Waals surface area (Å²) in [4.78, 5) is 0. The molecule has 0 atom stereocenters. The topological polar surface area (TPSA) is 21.5 Å². The number of nitrogens with zero attached hydrogens (tertiary/aromatic N) is 1. The molecule has 5 heteroatoms. The smallest absolute Gasteiger partial charge is 0.231 e. The first kappa shape index (κ1) is 29.5. The summed E-state index contributed by atoms with van der Waals surface area (Å²) in [7, 11) is 0. The lowest BCUT2D eigenvalue weighted by Gasteiger charge is -2.20. The standard InChI is InChI=1S/C32H45FNO2.ClH/c1-2-3-4-5-6-7-8-9-10-11-12-13-14-19-30-28-23-32-31(35-25-36-32)22-26(28)20-21-34(30)24-27-17-15-16-18-29(27)33;/h15-18,22-23H,2-14,19-21,24-25H2,1H3;1H/q+1;/p-1. The number of ether oxygens (including phenoxy) is 2. The normalized spacial score (nSPS) is 14.0. The minimum absolute atomic E-state index is 0. The van der Waals surface area contributed by atoms with Crippen molar-refractivity contribution in [3.63, 3.8) is 0 Å². The zero-order valence-corrected chi connectivity index (χ0v) is 23.5. The molecular formula is C32H45ClFNO2. The van der Waals surface area contributed by atoms with Gasteiger partial charge in [-0.25, -0.2) is 8.97 Å². The van der Waals surface area contributed by atoms with Gasteiger partial charge in [0.1, 0.15) is 12.4 Å². The van der Waals surface area contributed by atoms with Gasteiger partial charge in [-0.15, -0.1) is 0 Å². The summed E-state index contributed by atoms with van der Waals surface area (Å²) in [6, 6.07) is 11.5. The van der Waals surface area contributed by atoms with Gasteiger partial charge in [-0.05, 0) is 36.2 Å². The number of rotatable bonds is 16. The van der Waals surface area contributed by atoms with E-state index in [2.05, 4.69) is 23.6 Å². The molecule has 0 saturated heterocycles. The van der Waals surface area contributed by atoms with Crippen LogP contribution in [-0.4, -0.2) is 23.6 Å². The number of hydrogen-bond acceptors (Lipinski definition) is 2. The number of fused-ring (bicyclic) bond motifs is 2. The molecule has 0 radical (unpaired) electrons. The molecule has 0 saturated carbocycles. The van der Waals surface area contributed by atoms with Crippen molar-refractivity contribution < 1.29 is 30.8 Å². The molecule has 0 amide bonds. The van der Waals surface area contributed by atoms with Gasteiger partial charge in [0.25, 0.3) is 0 Å². The van der Waals surface area contributed by atoms with E-state index in [-0.39, 0.29) is 18.2 Å². The van der Waals surface area contributed by atoms with Gasteiger partial charge in [0.15, 0.2) is 23.8 Å². The predicted molar refractivity (Wildman–Crippen MR) is 146 cm³/mol. The molecule has 4 rings (SSSR count). The summed E-state index contributed by atoms with van der Waals surface area (Å²) in [6.45, 7) is 4.11. The second-order valence-electron chi connectivity index (χ2n) is 10.6. The molecule has 0 aromatic heterocycles. The number of hydrogen-bond donors (Lipinski definition) is 0. The lowest BCUT2D eigenvalue weighted by molar-refractivity contribution is -0.546. The van der Waals surface area contributed by atoms with Crippen molar-refractivity contribution in [2.75, 3.05) is 13.3 Å². The van der Waals surface area contributed by atoms with Crippen LogP contribution in [0.1, 0.15) is 114 Å². The van der Waals surface area contributed by atoms with E-state index in [0.717, 1.165) is 36.4 Å². The Hall–Kier alpha value is -2.07. The van der Waals surface area contributed by atoms with Crippen molar-refractivity contribution in [3.8, 4) is 11.5 Å². The Morgan fingerprint density at radius 1 is 0.784 bits per heavy atom. The Kier molecular flexibility index (Phi) is 12.8. The van der Waals surface area contributed by atoms with Crippen molar-refractivity contribution in [3.05, 3.63) is 58.9 Å². The fourth-order valence-electron chi connectivity index (χ4n) is 5.63. The van der Waals surface area contributed by atoms with Crippen LogP contribution in [-0.2, 0) is 13.0 Å². The summed E-state index contributed by atoms with van der Waals surface area (Å²) in [5.41, 5.74) is 4.69. The third kappa shape index (κ3) is 8.74. The molecule has 0 spiro atoms. The summed E-state index contributed by atoms with van der Waals surface area (Å²) in [5, 5.41) is 0. The SMILES string of the molecule is CCCCCCCCCCCCCCCC1=[N+](Cc2ccccc2F)CCc2cc3c(cc21)OCO3.[Cl-]. The quantitative estimate of drug-likeness (QED) is 0.208. The molecule has 2 aliphatic heterocycles. The monoisotopic (exact) mass is 529 g/mol. The maximum Gasteiger partial charge on any atom is 0.231 e. The van der Waals surface area contributed by atoms with Crippen molar-refractivity contribution >= 4 is 5.71 Å². The van der Waals surface area contributed by atoms with Crippen LogP contribution in [0.2, 0.25) is 0 Å². The molecule has 0 aliphatic carbocycles. The highest BCUT2D eigenvalue weighted by Gasteiger charge is 2.29. The minimum atomic E-state index is -0.116. The summed E-state index contributed by atoms with van der Waals surface area (Å²) in [6.07, 6.45) is 19.6. The summed E-state index contributed by atoms with van der Waals surface area (Å²) >= 11 is 0. The number of benzene rings is 2. The Morgan fingerprint density at radius 3 is 2.03 bits per heavy atom. The lowest BCUT2D eigenvalue weighted by atomic mass is 9.92. The zero-order chi connectivity index (χ0) is 25.0. The molecule has 204 valence electrons. The fourth-order valence-corrected chi connectivity index (χ4v) is 5.63. The Labute approximate surface area is 229 Å². The van der Waals surface area contributed by atoms with E-state index >= 15 is 0 Å². The van der Waals surface area contributed by atoms with Crippen LogP contribution in [0.5, 0.6) is 11.5 Å². The maximum absolute atomic E-state index is 14.4. The molecular weight excluding hydrogens is 485 g/mol. The highest BCUT2D eigenvalue weighted by molar-refractivity contribution is 5.99. The third-order valence-corrected chi connectivity index (χ3v) is 7.78. The Bertz CT molecular complexity index is 1010. The molecule has 2 aliphatic rings. The molecule has 2 heterocycles. The lowest BCUT2D eigenvalue weighted by Crippen LogP contribution is -3.00. The molecule has 2 aromatic carbocycles. The van der Waals surface area contributed by atoms with Crippen LogP contribution >= 0.6 is 0 Å². The van der Waals surface area contributed by atoms with Gasteiger partial charge in [0, 0.05) is 18.4 Å². The fraction of sp³-hybridized carbons (Fsp3) is 0.594. The molecule has 0 bridgehead atoms. The average Bonchev–Trinajstić information content (AvgIpc) is 3.35. The predicted octanol–water partition coefficient (Wildman–Crippen LogP) is 5.60. The Morgan fingerprint density at radius 2 is 1.38 bits per heavy atom. The second-order valence-corrected chi connectivity index (χ2v) is 10.6. The van der Waals surface area contributed by atoms with Gasteiger partial charge in [0.05, 0.1) is 5.56 Å². The zero-order valence-electron chi connectivity index (χ0n) is 22.7. The van der Waals surface area contributed by atoms with E-state index in [9.17, 15) is 4.39 Å². The number of unbranched alkanes of at least 4 members (excludes halogenated alkanes) is 12. The van der Waals surface area contributed by atoms with Crippen LogP contribution in [0.15, 0.2) is 36.4 Å². The first-order valence-electron chi connectivity index (χ1n) is 14.5. The average molecular weight is 530 g/mol. The van der Waals surface area contributed by atoms with Crippen molar-refractivity contribution in [2.45, 2.75) is 110 Å². The molecule has 3 nitrogen and oxygen atoms in total. The number of halogens is 2. The molecule has 37 heavy (non-hydrogen) atoms. The maximum atomic E-state index is 14.4. The van der Waals surface area contributed by atoms with Crippen molar-refractivity contribution in [1.82, 2.24) is 0 Å². The van der Waals surface area contributed by atoms with Crippen LogP contribution in [0.3, 0.4) is 0 Å².